The molecule has 1 nitrogen and oxygen atoms in total. The van der Waals surface area contributed by atoms with Crippen molar-refractivity contribution in [1.29, 1.82) is 0 Å². The molecule has 2 rings (SSSR count). The normalized spacial score (nSPS) is 10.6. The van der Waals surface area contributed by atoms with Crippen LogP contribution in [-0.2, 0) is 0 Å². The number of hydrogen-bond donors (Lipinski definition) is 1. The van der Waals surface area contributed by atoms with E-state index in [9.17, 15) is 4.79 Å². The average Bonchev–Trinajstić information content (AvgIpc) is 2.37. The summed E-state index contributed by atoms with van der Waals surface area (Å²) in [6, 6.07) is 16.9. The van der Waals surface area contributed by atoms with Crippen molar-refractivity contribution in [3.8, 4) is 0 Å². The van der Waals surface area contributed by atoms with Crippen molar-refractivity contribution >= 4 is 24.5 Å². The van der Waals surface area contributed by atoms with Crippen LogP contribution in [0, 0.1) is 0 Å². The topological polar surface area (TPSA) is 17.1 Å². The molecule has 0 amide bonds. The molecule has 0 saturated heterocycles. The first-order valence-electron chi connectivity index (χ1n) is 5.32. The number of hydrogen-bond acceptors (Lipinski definition) is 2. The van der Waals surface area contributed by atoms with Crippen LogP contribution >= 0.6 is 12.6 Å². The summed E-state index contributed by atoms with van der Waals surface area (Å²) < 4.78 is 0. The smallest absolute Gasteiger partial charge is 0.185 e. The Hall–Kier alpha value is -1.80. The highest BCUT2D eigenvalue weighted by molar-refractivity contribution is 7.80. The molecule has 0 aliphatic carbocycles. The van der Waals surface area contributed by atoms with Gasteiger partial charge in [-0.25, -0.2) is 0 Å². The second-order valence-corrected chi connectivity index (χ2v) is 4.17. The van der Waals surface area contributed by atoms with E-state index in [1.807, 2.05) is 54.6 Å². The van der Waals surface area contributed by atoms with E-state index in [1.54, 1.807) is 12.2 Å². The van der Waals surface area contributed by atoms with Crippen LogP contribution < -0.4 is 0 Å². The van der Waals surface area contributed by atoms with Gasteiger partial charge in [0.25, 0.3) is 0 Å². The lowest BCUT2D eigenvalue weighted by atomic mass is 10.1. The van der Waals surface area contributed by atoms with Gasteiger partial charge < -0.3 is 0 Å². The molecule has 0 bridgehead atoms. The predicted octanol–water partition coefficient (Wildman–Crippen LogP) is 3.87. The van der Waals surface area contributed by atoms with Gasteiger partial charge in [0, 0.05) is 10.5 Å². The van der Waals surface area contributed by atoms with Crippen LogP contribution in [0.1, 0.15) is 15.9 Å². The number of carbonyl (C=O) groups excluding carboxylic acids is 1. The van der Waals surface area contributed by atoms with E-state index in [-0.39, 0.29) is 5.78 Å². The van der Waals surface area contributed by atoms with Crippen LogP contribution in [0.15, 0.2) is 65.6 Å². The molecule has 0 aliphatic heterocycles. The Morgan fingerprint density at radius 2 is 1.76 bits per heavy atom. The van der Waals surface area contributed by atoms with E-state index in [4.69, 9.17) is 0 Å². The zero-order chi connectivity index (χ0) is 12.1. The van der Waals surface area contributed by atoms with Crippen molar-refractivity contribution in [1.82, 2.24) is 0 Å². The third kappa shape index (κ3) is 3.33. The lowest BCUT2D eigenvalue weighted by Crippen LogP contribution is -1.92. The van der Waals surface area contributed by atoms with Gasteiger partial charge in [-0.1, -0.05) is 48.5 Å². The van der Waals surface area contributed by atoms with Crippen molar-refractivity contribution < 1.29 is 4.79 Å². The Morgan fingerprint density at radius 3 is 2.47 bits per heavy atom. The van der Waals surface area contributed by atoms with E-state index in [2.05, 4.69) is 12.6 Å². The Bertz CT molecular complexity index is 544. The van der Waals surface area contributed by atoms with Gasteiger partial charge in [0.1, 0.15) is 0 Å². The zero-order valence-corrected chi connectivity index (χ0v) is 10.1. The first-order chi connectivity index (χ1) is 8.25. The Kier molecular flexibility index (Phi) is 3.78. The van der Waals surface area contributed by atoms with Crippen LogP contribution in [0.25, 0.3) is 6.08 Å². The maximum absolute atomic E-state index is 11.8. The maximum Gasteiger partial charge on any atom is 0.185 e. The molecule has 2 aromatic rings. The van der Waals surface area contributed by atoms with Gasteiger partial charge in [0.05, 0.1) is 0 Å². The van der Waals surface area contributed by atoms with Crippen molar-refractivity contribution in [2.45, 2.75) is 4.90 Å². The van der Waals surface area contributed by atoms with E-state index < -0.39 is 0 Å². The number of rotatable bonds is 3. The van der Waals surface area contributed by atoms with E-state index in [1.165, 1.54) is 0 Å². The fourth-order valence-corrected chi connectivity index (χ4v) is 1.73. The molecule has 0 atom stereocenters. The molecule has 0 radical (unpaired) electrons. The Labute approximate surface area is 106 Å². The molecular weight excluding hydrogens is 228 g/mol. The minimum Gasteiger partial charge on any atom is -0.289 e. The minimum absolute atomic E-state index is 0.00941. The van der Waals surface area contributed by atoms with Crippen LogP contribution in [-0.4, -0.2) is 5.78 Å². The second-order valence-electron chi connectivity index (χ2n) is 3.66. The first kappa shape index (κ1) is 11.7. The fourth-order valence-electron chi connectivity index (χ4n) is 1.50. The van der Waals surface area contributed by atoms with Crippen LogP contribution in [0.5, 0.6) is 0 Å². The summed E-state index contributed by atoms with van der Waals surface area (Å²) in [7, 11) is 0. The zero-order valence-electron chi connectivity index (χ0n) is 9.21. The minimum atomic E-state index is 0.00941. The van der Waals surface area contributed by atoms with Crippen LogP contribution in [0.2, 0.25) is 0 Å². The molecule has 0 heterocycles. The van der Waals surface area contributed by atoms with Gasteiger partial charge in [0.15, 0.2) is 5.78 Å². The highest BCUT2D eigenvalue weighted by atomic mass is 32.1. The Balaban J connectivity index is 2.14. The predicted molar refractivity (Wildman–Crippen MR) is 73.5 cm³/mol. The van der Waals surface area contributed by atoms with Gasteiger partial charge in [-0.05, 0) is 23.8 Å². The van der Waals surface area contributed by atoms with Crippen molar-refractivity contribution in [3.05, 3.63) is 71.8 Å². The Morgan fingerprint density at radius 1 is 1.00 bits per heavy atom. The van der Waals surface area contributed by atoms with Gasteiger partial charge >= 0.3 is 0 Å². The monoisotopic (exact) mass is 240 g/mol. The summed E-state index contributed by atoms with van der Waals surface area (Å²) in [5, 5.41) is 0. The molecule has 17 heavy (non-hydrogen) atoms. The molecule has 2 heteroatoms. The van der Waals surface area contributed by atoms with E-state index in [0.29, 0.717) is 5.56 Å². The van der Waals surface area contributed by atoms with Gasteiger partial charge in [-0.2, -0.15) is 0 Å². The molecule has 0 aromatic heterocycles. The third-order valence-electron chi connectivity index (χ3n) is 2.36. The summed E-state index contributed by atoms with van der Waals surface area (Å²) in [6.07, 6.45) is 3.38. The van der Waals surface area contributed by atoms with Crippen LogP contribution in [0.3, 0.4) is 0 Å². The lowest BCUT2D eigenvalue weighted by molar-refractivity contribution is 0.104. The number of allylic oxidation sites excluding steroid dienone is 1. The summed E-state index contributed by atoms with van der Waals surface area (Å²) in [5.41, 5.74) is 1.67. The number of benzene rings is 2. The van der Waals surface area contributed by atoms with Crippen molar-refractivity contribution in [3.63, 3.8) is 0 Å². The molecule has 2 aromatic carbocycles. The molecular formula is C15H12OS. The van der Waals surface area contributed by atoms with E-state index >= 15 is 0 Å². The summed E-state index contributed by atoms with van der Waals surface area (Å²) in [6.45, 7) is 0. The number of carbonyl (C=O) groups is 1. The highest BCUT2D eigenvalue weighted by Gasteiger charge is 1.99. The molecule has 0 fully saturated rings. The molecule has 0 spiro atoms. The first-order valence-corrected chi connectivity index (χ1v) is 5.77. The summed E-state index contributed by atoms with van der Waals surface area (Å²) in [5.74, 6) is 0.00941. The molecule has 0 N–H and O–H groups in total. The lowest BCUT2D eigenvalue weighted by Gasteiger charge is -1.96. The highest BCUT2D eigenvalue weighted by Crippen LogP contribution is 2.11. The second kappa shape index (κ2) is 5.51. The average molecular weight is 240 g/mol. The number of ketones is 1. The molecule has 0 aliphatic rings. The van der Waals surface area contributed by atoms with Crippen LogP contribution in [0.4, 0.5) is 0 Å². The quantitative estimate of drug-likeness (QED) is 0.489. The van der Waals surface area contributed by atoms with Gasteiger partial charge in [-0.15, -0.1) is 12.6 Å². The van der Waals surface area contributed by atoms with Crippen molar-refractivity contribution in [2.75, 3.05) is 0 Å². The molecule has 0 unspecified atom stereocenters. The number of thiol groups is 1. The van der Waals surface area contributed by atoms with Crippen molar-refractivity contribution in [2.24, 2.45) is 0 Å². The SMILES string of the molecule is O=C(/C=C/c1cccc(S)c1)c1ccccc1. The molecule has 0 saturated carbocycles. The largest absolute Gasteiger partial charge is 0.289 e. The molecule has 84 valence electrons. The summed E-state index contributed by atoms with van der Waals surface area (Å²) >= 11 is 4.25. The fraction of sp³-hybridized carbons (Fsp3) is 0. The standard InChI is InChI=1S/C15H12OS/c16-15(13-6-2-1-3-7-13)10-9-12-5-4-8-14(17)11-12/h1-11,17H/b10-9+. The van der Waals surface area contributed by atoms with Gasteiger partial charge in [0.2, 0.25) is 0 Å². The maximum atomic E-state index is 11.8. The summed E-state index contributed by atoms with van der Waals surface area (Å²) in [4.78, 5) is 12.7. The van der Waals surface area contributed by atoms with Gasteiger partial charge in [-0.3, -0.25) is 4.79 Å². The van der Waals surface area contributed by atoms with E-state index in [0.717, 1.165) is 10.5 Å². The third-order valence-corrected chi connectivity index (χ3v) is 2.63.